The average Bonchev–Trinajstić information content (AvgIpc) is 3.73. The number of aromatic nitrogens is 6. The van der Waals surface area contributed by atoms with E-state index in [0.29, 0.717) is 0 Å². The maximum atomic E-state index is 13.1. The normalized spacial score (nSPS) is 11.0. The van der Waals surface area contributed by atoms with Gasteiger partial charge in [0, 0.05) is 80.6 Å². The molecule has 4 heterocycles. The Morgan fingerprint density at radius 2 is 0.957 bits per heavy atom. The van der Waals surface area contributed by atoms with E-state index in [9.17, 15) is 17.6 Å². The van der Waals surface area contributed by atoms with Crippen molar-refractivity contribution in [2.75, 3.05) is 0 Å². The molecule has 0 unspecified atom stereocenters. The van der Waals surface area contributed by atoms with Crippen molar-refractivity contribution < 1.29 is 37.7 Å². The predicted octanol–water partition coefficient (Wildman–Crippen LogP) is 8.64. The van der Waals surface area contributed by atoms with Crippen LogP contribution >= 0.6 is 0 Å². The third-order valence-corrected chi connectivity index (χ3v) is 6.66. The summed E-state index contributed by atoms with van der Waals surface area (Å²) < 4.78 is 53.7. The van der Waals surface area contributed by atoms with E-state index in [0.717, 1.165) is 35.7 Å². The fourth-order valence-electron chi connectivity index (χ4n) is 4.10. The summed E-state index contributed by atoms with van der Waals surface area (Å²) in [6.45, 7) is 13.3. The van der Waals surface area contributed by atoms with Crippen LogP contribution in [0.25, 0.3) is 22.8 Å². The summed E-state index contributed by atoms with van der Waals surface area (Å²) in [5.74, 6) is -2.64. The van der Waals surface area contributed by atoms with Gasteiger partial charge < -0.3 is 0 Å². The molecular weight excluding hydrogens is 785 g/mol. The fourth-order valence-corrected chi connectivity index (χ4v) is 4.10. The van der Waals surface area contributed by atoms with Crippen LogP contribution in [0.1, 0.15) is 52.7 Å². The van der Waals surface area contributed by atoms with Crippen LogP contribution < -0.4 is 0 Å². The van der Waals surface area contributed by atoms with Crippen molar-refractivity contribution in [2.24, 2.45) is 0 Å². The summed E-state index contributed by atoms with van der Waals surface area (Å²) in [7, 11) is 0. The Kier molecular flexibility index (Phi) is 12.5. The SMILES string of the molecule is CC(C)(C)c1ccnc(-c2cc(C(C)(C)C)ccn2)c1.Fc1c[c-]c(-n2cccn2)c(F)c1.Fc1c[c-]c(-n2cccn2)c(F)c1.[Ir]. The van der Waals surface area contributed by atoms with Gasteiger partial charge in [0.25, 0.3) is 0 Å². The Morgan fingerprint density at radius 3 is 1.26 bits per heavy atom. The second-order valence-corrected chi connectivity index (χ2v) is 12.3. The first kappa shape index (κ1) is 37.0. The van der Waals surface area contributed by atoms with Gasteiger partial charge >= 0.3 is 0 Å². The van der Waals surface area contributed by atoms with Gasteiger partial charge in [-0.15, -0.1) is 24.3 Å². The number of rotatable bonds is 3. The number of hydrogen-bond donors (Lipinski definition) is 0. The summed E-state index contributed by atoms with van der Waals surface area (Å²) in [4.78, 5) is 8.97. The third-order valence-electron chi connectivity index (χ3n) is 6.66. The van der Waals surface area contributed by atoms with E-state index in [1.807, 2.05) is 12.4 Å². The van der Waals surface area contributed by atoms with Crippen LogP contribution in [0.5, 0.6) is 0 Å². The van der Waals surface area contributed by atoms with Gasteiger partial charge in [-0.05, 0) is 69.7 Å². The molecule has 0 bridgehead atoms. The molecule has 4 aromatic heterocycles. The topological polar surface area (TPSA) is 61.4 Å². The van der Waals surface area contributed by atoms with E-state index in [2.05, 4.69) is 98.1 Å². The van der Waals surface area contributed by atoms with Crippen molar-refractivity contribution in [3.63, 3.8) is 0 Å². The minimum atomic E-state index is -0.677. The monoisotopic (exact) mass is 819 g/mol. The van der Waals surface area contributed by atoms with Gasteiger partial charge in [0.15, 0.2) is 0 Å². The summed E-state index contributed by atoms with van der Waals surface area (Å²) in [5.41, 5.74) is 4.94. The molecule has 0 spiro atoms. The quantitative estimate of drug-likeness (QED) is 0.133. The smallest absolute Gasteiger partial charge is 0.0889 e. The molecular formula is C36H34F4IrN6-2. The van der Waals surface area contributed by atoms with Crippen LogP contribution in [0.3, 0.4) is 0 Å². The molecule has 0 N–H and O–H groups in total. The van der Waals surface area contributed by atoms with Crippen molar-refractivity contribution in [3.8, 4) is 22.8 Å². The number of halogens is 4. The average molecular weight is 819 g/mol. The second-order valence-electron chi connectivity index (χ2n) is 12.3. The van der Waals surface area contributed by atoms with Gasteiger partial charge in [-0.3, -0.25) is 36.9 Å². The molecule has 47 heavy (non-hydrogen) atoms. The van der Waals surface area contributed by atoms with Crippen LogP contribution in [0.2, 0.25) is 0 Å². The molecule has 0 atom stereocenters. The number of nitrogens with zero attached hydrogens (tertiary/aromatic N) is 6. The van der Waals surface area contributed by atoms with Crippen LogP contribution in [-0.4, -0.2) is 29.5 Å². The van der Waals surface area contributed by atoms with Crippen LogP contribution in [0.4, 0.5) is 17.6 Å². The fraction of sp³-hybridized carbons (Fsp3) is 0.222. The molecule has 247 valence electrons. The maximum Gasteiger partial charge on any atom is 0.0889 e. The first-order valence-corrected chi connectivity index (χ1v) is 14.4. The van der Waals surface area contributed by atoms with E-state index in [-0.39, 0.29) is 42.3 Å². The molecule has 6 rings (SSSR count). The Balaban J connectivity index is 0.000000196. The van der Waals surface area contributed by atoms with Gasteiger partial charge in [-0.2, -0.15) is 22.3 Å². The Morgan fingerprint density at radius 1 is 0.574 bits per heavy atom. The first-order valence-electron chi connectivity index (χ1n) is 14.4. The molecule has 0 aliphatic rings. The molecule has 1 radical (unpaired) electrons. The second kappa shape index (κ2) is 15.9. The zero-order valence-electron chi connectivity index (χ0n) is 26.8. The van der Waals surface area contributed by atoms with E-state index in [1.165, 1.54) is 32.9 Å². The van der Waals surface area contributed by atoms with Crippen molar-refractivity contribution >= 4 is 0 Å². The minimum Gasteiger partial charge on any atom is -0.284 e. The van der Waals surface area contributed by atoms with Gasteiger partial charge in [0.05, 0.1) is 11.4 Å². The Hall–Kier alpha value is -4.47. The zero-order valence-corrected chi connectivity index (χ0v) is 29.2. The van der Waals surface area contributed by atoms with Crippen LogP contribution in [0, 0.1) is 35.4 Å². The summed E-state index contributed by atoms with van der Waals surface area (Å²) >= 11 is 0. The molecule has 2 aromatic carbocycles. The van der Waals surface area contributed by atoms with E-state index < -0.39 is 23.3 Å². The number of benzene rings is 2. The predicted molar refractivity (Wildman–Crippen MR) is 169 cm³/mol. The summed E-state index contributed by atoms with van der Waals surface area (Å²) in [6.07, 6.45) is 9.90. The molecule has 0 aliphatic carbocycles. The molecule has 0 amide bonds. The van der Waals surface area contributed by atoms with Gasteiger partial charge in [0.1, 0.15) is 0 Å². The van der Waals surface area contributed by atoms with Gasteiger partial charge in [-0.1, -0.05) is 41.5 Å². The first-order chi connectivity index (χ1) is 21.7. The minimum absolute atomic E-state index is 0. The molecule has 11 heteroatoms. The summed E-state index contributed by atoms with van der Waals surface area (Å²) in [5, 5.41) is 7.60. The molecule has 6 nitrogen and oxygen atoms in total. The van der Waals surface area contributed by atoms with Crippen LogP contribution in [0.15, 0.2) is 97.8 Å². The third kappa shape index (κ3) is 10.3. The molecule has 0 fully saturated rings. The molecule has 6 aromatic rings. The van der Waals surface area contributed by atoms with Gasteiger partial charge in [0.2, 0.25) is 0 Å². The number of pyridine rings is 2. The van der Waals surface area contributed by atoms with Crippen molar-refractivity contribution in [1.29, 1.82) is 0 Å². The van der Waals surface area contributed by atoms with E-state index >= 15 is 0 Å². The van der Waals surface area contributed by atoms with Crippen molar-refractivity contribution in [3.05, 3.63) is 144 Å². The maximum absolute atomic E-state index is 13.1. The van der Waals surface area contributed by atoms with Crippen molar-refractivity contribution in [2.45, 2.75) is 52.4 Å². The van der Waals surface area contributed by atoms with Gasteiger partial charge in [-0.25, -0.2) is 0 Å². The molecule has 0 saturated heterocycles. The van der Waals surface area contributed by atoms with Crippen molar-refractivity contribution in [1.82, 2.24) is 29.5 Å². The Labute approximate surface area is 285 Å². The van der Waals surface area contributed by atoms with E-state index in [4.69, 9.17) is 0 Å². The van der Waals surface area contributed by atoms with Crippen LogP contribution in [-0.2, 0) is 30.9 Å². The molecule has 0 saturated carbocycles. The largest absolute Gasteiger partial charge is 0.284 e. The van der Waals surface area contributed by atoms with E-state index in [1.54, 1.807) is 24.5 Å². The molecule has 0 aliphatic heterocycles. The zero-order chi connectivity index (χ0) is 33.5. The summed E-state index contributed by atoms with van der Waals surface area (Å²) in [6, 6.07) is 20.4. The number of hydrogen-bond acceptors (Lipinski definition) is 4. The Bertz CT molecular complexity index is 1720. The standard InChI is InChI=1S/C18H24N2.2C9H5F2N2.Ir/c1-17(2,3)13-7-9-19-15(11-13)16-12-14(8-10-20-16)18(4,5)6;2*10-7-2-3-9(8(11)6-7)13-5-1-4-12-13;/h7-12H,1-6H3;2*1-2,4-6H;/q;2*-1;.